The van der Waals surface area contributed by atoms with E-state index in [2.05, 4.69) is 72.7 Å². The number of nitrogens with zero attached hydrogens (tertiary/aromatic N) is 1. The summed E-state index contributed by atoms with van der Waals surface area (Å²) in [6.07, 6.45) is 2.51. The van der Waals surface area contributed by atoms with Crippen LogP contribution in [0.3, 0.4) is 0 Å². The van der Waals surface area contributed by atoms with Gasteiger partial charge in [0.25, 0.3) is 0 Å². The van der Waals surface area contributed by atoms with Gasteiger partial charge in [-0.3, -0.25) is 4.79 Å². The van der Waals surface area contributed by atoms with E-state index in [9.17, 15) is 4.79 Å². The molecule has 0 saturated heterocycles. The highest BCUT2D eigenvalue weighted by Crippen LogP contribution is 2.59. The molecule has 1 aliphatic rings. The third-order valence-electron chi connectivity index (χ3n) is 5.26. The third kappa shape index (κ3) is 2.90. The van der Waals surface area contributed by atoms with Crippen molar-refractivity contribution in [3.63, 3.8) is 0 Å². The maximum Gasteiger partial charge on any atom is 0.229 e. The zero-order valence-corrected chi connectivity index (χ0v) is 15.1. The van der Waals surface area contributed by atoms with Crippen molar-refractivity contribution in [1.29, 1.82) is 0 Å². The second-order valence-electron chi connectivity index (χ2n) is 7.17. The molecule has 0 spiro atoms. The first-order chi connectivity index (χ1) is 12.6. The van der Waals surface area contributed by atoms with E-state index in [0.717, 1.165) is 6.42 Å². The Labute approximate surface area is 154 Å². The predicted octanol–water partition coefficient (Wildman–Crippen LogP) is 4.64. The number of rotatable bonds is 4. The SMILES string of the molecule is Cc1cccc(C2(c3cccc(C)c3)CC2C(=O)Nc2ccccn2)c1. The Morgan fingerprint density at radius 2 is 1.62 bits per heavy atom. The number of benzene rings is 2. The van der Waals surface area contributed by atoms with Gasteiger partial charge < -0.3 is 5.32 Å². The van der Waals surface area contributed by atoms with Crippen LogP contribution >= 0.6 is 0 Å². The second kappa shape index (κ2) is 6.41. The molecule has 1 aromatic heterocycles. The fourth-order valence-corrected chi connectivity index (χ4v) is 3.88. The van der Waals surface area contributed by atoms with Gasteiger partial charge in [0.05, 0.1) is 5.92 Å². The van der Waals surface area contributed by atoms with Crippen LogP contribution < -0.4 is 5.32 Å². The Morgan fingerprint density at radius 1 is 0.962 bits per heavy atom. The highest BCUT2D eigenvalue weighted by molar-refractivity contribution is 5.96. The molecule has 3 heteroatoms. The second-order valence-corrected chi connectivity index (χ2v) is 7.17. The minimum atomic E-state index is -0.253. The smallest absolute Gasteiger partial charge is 0.229 e. The summed E-state index contributed by atoms with van der Waals surface area (Å²) in [4.78, 5) is 17.2. The van der Waals surface area contributed by atoms with Crippen LogP contribution in [0.15, 0.2) is 72.9 Å². The summed E-state index contributed by atoms with van der Waals surface area (Å²) in [5.74, 6) is 0.548. The number of anilines is 1. The van der Waals surface area contributed by atoms with Crippen molar-refractivity contribution in [3.8, 4) is 0 Å². The Kier molecular flexibility index (Phi) is 4.08. The molecule has 1 atom stereocenters. The molecular weight excluding hydrogens is 320 g/mol. The normalized spacial score (nSPS) is 17.5. The monoisotopic (exact) mass is 342 g/mol. The van der Waals surface area contributed by atoms with Crippen LogP contribution in [0.2, 0.25) is 0 Å². The molecule has 1 saturated carbocycles. The molecule has 0 aliphatic heterocycles. The average Bonchev–Trinajstić information content (AvgIpc) is 3.40. The lowest BCUT2D eigenvalue weighted by Crippen LogP contribution is -2.22. The molecule has 0 radical (unpaired) electrons. The molecule has 1 unspecified atom stereocenters. The van der Waals surface area contributed by atoms with E-state index in [4.69, 9.17) is 0 Å². The van der Waals surface area contributed by atoms with Crippen LogP contribution in [0, 0.1) is 19.8 Å². The number of pyridine rings is 1. The van der Waals surface area contributed by atoms with Crippen molar-refractivity contribution in [1.82, 2.24) is 4.98 Å². The lowest BCUT2D eigenvalue weighted by atomic mass is 9.84. The van der Waals surface area contributed by atoms with E-state index < -0.39 is 0 Å². The maximum atomic E-state index is 13.0. The molecule has 130 valence electrons. The van der Waals surface area contributed by atoms with Crippen LogP contribution in [-0.4, -0.2) is 10.9 Å². The number of hydrogen-bond acceptors (Lipinski definition) is 2. The minimum absolute atomic E-state index is 0.0340. The van der Waals surface area contributed by atoms with E-state index in [1.807, 2.05) is 18.2 Å². The Morgan fingerprint density at radius 3 is 2.15 bits per heavy atom. The zero-order valence-electron chi connectivity index (χ0n) is 15.1. The highest BCUT2D eigenvalue weighted by atomic mass is 16.2. The van der Waals surface area contributed by atoms with Gasteiger partial charge in [-0.2, -0.15) is 0 Å². The van der Waals surface area contributed by atoms with Crippen LogP contribution in [0.25, 0.3) is 0 Å². The number of carbonyl (C=O) groups is 1. The Hall–Kier alpha value is -2.94. The van der Waals surface area contributed by atoms with E-state index in [0.29, 0.717) is 5.82 Å². The molecule has 2 aromatic carbocycles. The zero-order chi connectivity index (χ0) is 18.1. The predicted molar refractivity (Wildman–Crippen MR) is 104 cm³/mol. The van der Waals surface area contributed by atoms with Crippen molar-refractivity contribution in [3.05, 3.63) is 95.2 Å². The first-order valence-electron chi connectivity index (χ1n) is 8.96. The quantitative estimate of drug-likeness (QED) is 0.750. The molecule has 4 rings (SSSR count). The molecule has 3 aromatic rings. The average molecular weight is 342 g/mol. The summed E-state index contributed by atoms with van der Waals surface area (Å²) in [5, 5.41) is 2.98. The van der Waals surface area contributed by atoms with Gasteiger partial charge in [0, 0.05) is 11.6 Å². The van der Waals surface area contributed by atoms with E-state index in [1.165, 1.54) is 22.3 Å². The van der Waals surface area contributed by atoms with Gasteiger partial charge >= 0.3 is 0 Å². The summed E-state index contributed by atoms with van der Waals surface area (Å²) >= 11 is 0. The largest absolute Gasteiger partial charge is 0.310 e. The highest BCUT2D eigenvalue weighted by Gasteiger charge is 2.60. The number of amides is 1. The van der Waals surface area contributed by atoms with Crippen molar-refractivity contribution in [2.75, 3.05) is 5.32 Å². The van der Waals surface area contributed by atoms with Crippen LogP contribution in [0.1, 0.15) is 28.7 Å². The summed E-state index contributed by atoms with van der Waals surface area (Å²) in [5.41, 5.74) is 4.60. The third-order valence-corrected chi connectivity index (χ3v) is 5.26. The van der Waals surface area contributed by atoms with Crippen molar-refractivity contribution in [2.45, 2.75) is 25.7 Å². The standard InChI is InChI=1S/C23H22N2O/c1-16-7-5-9-18(13-16)23(19-10-6-8-17(2)14-19)15-20(23)22(26)25-21-11-3-4-12-24-21/h3-14,20H,15H2,1-2H3,(H,24,25,26). The van der Waals surface area contributed by atoms with Crippen molar-refractivity contribution < 1.29 is 4.79 Å². The van der Waals surface area contributed by atoms with E-state index in [-0.39, 0.29) is 17.2 Å². The number of aromatic nitrogens is 1. The van der Waals surface area contributed by atoms with Gasteiger partial charge in [-0.15, -0.1) is 0 Å². The number of aryl methyl sites for hydroxylation is 2. The molecule has 1 aliphatic carbocycles. The number of hydrogen-bond donors (Lipinski definition) is 1. The molecule has 0 bridgehead atoms. The van der Waals surface area contributed by atoms with Gasteiger partial charge in [0.1, 0.15) is 5.82 Å². The first-order valence-corrected chi connectivity index (χ1v) is 8.96. The Bertz CT molecular complexity index is 904. The molecule has 1 heterocycles. The summed E-state index contributed by atoms with van der Waals surface area (Å²) in [6.45, 7) is 4.19. The molecule has 3 nitrogen and oxygen atoms in total. The van der Waals surface area contributed by atoms with Crippen molar-refractivity contribution in [2.24, 2.45) is 5.92 Å². The van der Waals surface area contributed by atoms with Crippen LogP contribution in [0.4, 0.5) is 5.82 Å². The number of nitrogens with one attached hydrogen (secondary N) is 1. The van der Waals surface area contributed by atoms with Gasteiger partial charge in [0.15, 0.2) is 0 Å². The topological polar surface area (TPSA) is 42.0 Å². The lowest BCUT2D eigenvalue weighted by Gasteiger charge is -2.20. The molecule has 1 N–H and O–H groups in total. The molecule has 1 fully saturated rings. The Balaban J connectivity index is 1.71. The van der Waals surface area contributed by atoms with Crippen LogP contribution in [-0.2, 0) is 10.2 Å². The van der Waals surface area contributed by atoms with Gasteiger partial charge in [-0.1, -0.05) is 65.7 Å². The minimum Gasteiger partial charge on any atom is -0.310 e. The first kappa shape index (κ1) is 16.5. The number of carbonyl (C=O) groups excluding carboxylic acids is 1. The summed E-state index contributed by atoms with van der Waals surface area (Å²) in [6, 6.07) is 22.6. The van der Waals surface area contributed by atoms with Gasteiger partial charge in [0.2, 0.25) is 5.91 Å². The summed E-state index contributed by atoms with van der Waals surface area (Å²) < 4.78 is 0. The van der Waals surface area contributed by atoms with Gasteiger partial charge in [-0.25, -0.2) is 4.98 Å². The van der Waals surface area contributed by atoms with E-state index in [1.54, 1.807) is 6.20 Å². The molecule has 1 amide bonds. The maximum absolute atomic E-state index is 13.0. The summed E-state index contributed by atoms with van der Waals surface area (Å²) in [7, 11) is 0. The van der Waals surface area contributed by atoms with Gasteiger partial charge in [-0.05, 0) is 43.5 Å². The van der Waals surface area contributed by atoms with E-state index >= 15 is 0 Å². The lowest BCUT2D eigenvalue weighted by molar-refractivity contribution is -0.117. The van der Waals surface area contributed by atoms with Crippen molar-refractivity contribution >= 4 is 11.7 Å². The fourth-order valence-electron chi connectivity index (χ4n) is 3.88. The fraction of sp³-hybridized carbons (Fsp3) is 0.217. The molecular formula is C23H22N2O. The molecule has 26 heavy (non-hydrogen) atoms. The van der Waals surface area contributed by atoms with Crippen LogP contribution in [0.5, 0.6) is 0 Å².